The van der Waals surface area contributed by atoms with Gasteiger partial charge in [0.1, 0.15) is 22.7 Å². The third-order valence-electron chi connectivity index (χ3n) is 4.76. The predicted molar refractivity (Wildman–Crippen MR) is 102 cm³/mol. The highest BCUT2D eigenvalue weighted by Crippen LogP contribution is 2.37. The second-order valence-corrected chi connectivity index (χ2v) is 6.76. The number of ketones is 2. The third kappa shape index (κ3) is 2.61. The predicted octanol–water partition coefficient (Wildman–Crippen LogP) is 2.59. The zero-order valence-electron chi connectivity index (χ0n) is 14.6. The second kappa shape index (κ2) is 6.29. The van der Waals surface area contributed by atoms with E-state index in [0.717, 1.165) is 0 Å². The molecule has 134 valence electrons. The van der Waals surface area contributed by atoms with Gasteiger partial charge in [0.2, 0.25) is 0 Å². The molecular formula is C19H18ClN3O3. The summed E-state index contributed by atoms with van der Waals surface area (Å²) in [7, 11) is 1.58. The van der Waals surface area contributed by atoms with Crippen LogP contribution in [0.3, 0.4) is 0 Å². The van der Waals surface area contributed by atoms with E-state index in [1.807, 2.05) is 24.3 Å². The number of hydrogen-bond donors (Lipinski definition) is 0. The summed E-state index contributed by atoms with van der Waals surface area (Å²) >= 11 is 0. The molecule has 0 fully saturated rings. The molecule has 6 nitrogen and oxygen atoms in total. The molecule has 0 aromatic heterocycles. The van der Waals surface area contributed by atoms with Crippen LogP contribution in [0.25, 0.3) is 0 Å². The molecule has 26 heavy (non-hydrogen) atoms. The van der Waals surface area contributed by atoms with Gasteiger partial charge in [-0.15, -0.1) is 12.4 Å². The lowest BCUT2D eigenvalue weighted by Gasteiger charge is -2.32. The van der Waals surface area contributed by atoms with Gasteiger partial charge in [-0.25, -0.2) is 9.98 Å². The van der Waals surface area contributed by atoms with E-state index < -0.39 is 11.5 Å². The molecule has 0 saturated heterocycles. The minimum absolute atomic E-state index is 0. The van der Waals surface area contributed by atoms with E-state index in [-0.39, 0.29) is 30.4 Å². The Kier molecular flexibility index (Phi) is 4.40. The Balaban J connectivity index is 0.00000196. The summed E-state index contributed by atoms with van der Waals surface area (Å²) in [6.07, 6.45) is 1.80. The van der Waals surface area contributed by atoms with Gasteiger partial charge in [0.15, 0.2) is 17.4 Å². The van der Waals surface area contributed by atoms with Gasteiger partial charge >= 0.3 is 0 Å². The van der Waals surface area contributed by atoms with Crippen molar-refractivity contribution in [3.8, 4) is 5.75 Å². The molecule has 1 atom stereocenters. The molecule has 2 aliphatic heterocycles. The van der Waals surface area contributed by atoms with Gasteiger partial charge in [-0.05, 0) is 26.0 Å². The number of rotatable bonds is 2. The molecule has 2 heterocycles. The number of hydrogen-bond acceptors (Lipinski definition) is 6. The van der Waals surface area contributed by atoms with Gasteiger partial charge in [0, 0.05) is 18.2 Å². The normalized spacial score (nSPS) is 23.0. The molecule has 4 rings (SSSR count). The third-order valence-corrected chi connectivity index (χ3v) is 4.76. The van der Waals surface area contributed by atoms with E-state index in [0.29, 0.717) is 34.1 Å². The van der Waals surface area contributed by atoms with Crippen molar-refractivity contribution in [3.05, 3.63) is 41.1 Å². The summed E-state index contributed by atoms with van der Waals surface area (Å²) in [5.41, 5.74) is 1.37. The number of allylic oxidation sites excluding steroid dienone is 2. The fourth-order valence-corrected chi connectivity index (χ4v) is 3.35. The maximum Gasteiger partial charge on any atom is 0.184 e. The zero-order chi connectivity index (χ0) is 17.8. The number of ether oxygens (including phenoxy) is 1. The molecule has 0 bridgehead atoms. The number of Topliss-reactive ketones (excluding diaryl/α,β-unsaturated/α-hetero) is 2. The molecule has 0 amide bonds. The van der Waals surface area contributed by atoms with Gasteiger partial charge in [-0.3, -0.25) is 14.6 Å². The highest BCUT2D eigenvalue weighted by Gasteiger charge is 2.45. The van der Waals surface area contributed by atoms with E-state index >= 15 is 0 Å². The van der Waals surface area contributed by atoms with Crippen LogP contribution in [0.4, 0.5) is 0 Å². The number of carbonyl (C=O) groups is 2. The van der Waals surface area contributed by atoms with Gasteiger partial charge in [-0.2, -0.15) is 0 Å². The molecule has 1 aliphatic carbocycles. The molecule has 1 unspecified atom stereocenters. The summed E-state index contributed by atoms with van der Waals surface area (Å²) in [4.78, 5) is 38.5. The first-order valence-electron chi connectivity index (χ1n) is 8.10. The molecule has 0 N–H and O–H groups in total. The lowest BCUT2D eigenvalue weighted by molar-refractivity contribution is -0.128. The van der Waals surface area contributed by atoms with Gasteiger partial charge < -0.3 is 4.74 Å². The average molecular weight is 372 g/mol. The van der Waals surface area contributed by atoms with E-state index in [1.165, 1.54) is 0 Å². The standard InChI is InChI=1S/C19H17N3O3.ClH/c1-19(2)17(24)11-8-13(23)16-15(12(11)9-20-19)21-18(22-16)10-6-4-5-7-14(10)25-3;/h4-7,9,11H,8H2,1-3H3;1H. The summed E-state index contributed by atoms with van der Waals surface area (Å²) in [5, 5.41) is 0. The number of amidine groups is 1. The SMILES string of the molecule is COc1ccccc1C1=NC2=C3C=NC(C)(C)C(=O)C3CC(=O)C2=N1.Cl. The van der Waals surface area contributed by atoms with Crippen LogP contribution in [0, 0.1) is 5.92 Å². The largest absolute Gasteiger partial charge is 0.496 e. The number of fused-ring (bicyclic) bond motifs is 2. The lowest BCUT2D eigenvalue weighted by Crippen LogP contribution is -2.44. The van der Waals surface area contributed by atoms with Crippen LogP contribution >= 0.6 is 12.4 Å². The van der Waals surface area contributed by atoms with Gasteiger partial charge in [0.05, 0.1) is 18.6 Å². The Hall–Kier alpha value is -2.60. The Bertz CT molecular complexity index is 941. The molecule has 0 radical (unpaired) electrons. The molecule has 0 spiro atoms. The van der Waals surface area contributed by atoms with Crippen molar-refractivity contribution in [3.63, 3.8) is 0 Å². The number of aliphatic imine (C=N–C) groups is 3. The summed E-state index contributed by atoms with van der Waals surface area (Å²) in [6.45, 7) is 3.53. The van der Waals surface area contributed by atoms with E-state index in [1.54, 1.807) is 27.2 Å². The smallest absolute Gasteiger partial charge is 0.184 e. The van der Waals surface area contributed by atoms with Crippen LogP contribution in [0.2, 0.25) is 0 Å². The van der Waals surface area contributed by atoms with Gasteiger partial charge in [0.25, 0.3) is 0 Å². The molecule has 1 aromatic carbocycles. The maximum atomic E-state index is 12.7. The van der Waals surface area contributed by atoms with Crippen molar-refractivity contribution in [1.29, 1.82) is 0 Å². The highest BCUT2D eigenvalue weighted by molar-refractivity contribution is 6.51. The number of methoxy groups -OCH3 is 1. The Morgan fingerprint density at radius 2 is 1.88 bits per heavy atom. The molecular weight excluding hydrogens is 354 g/mol. The Labute approximate surface area is 157 Å². The van der Waals surface area contributed by atoms with Crippen molar-refractivity contribution in [2.75, 3.05) is 7.11 Å². The monoisotopic (exact) mass is 371 g/mol. The number of halogens is 1. The first-order chi connectivity index (χ1) is 11.9. The topological polar surface area (TPSA) is 80.5 Å². The quantitative estimate of drug-likeness (QED) is 0.801. The lowest BCUT2D eigenvalue weighted by atomic mass is 9.74. The maximum absolute atomic E-state index is 12.7. The van der Waals surface area contributed by atoms with Gasteiger partial charge in [-0.1, -0.05) is 12.1 Å². The van der Waals surface area contributed by atoms with Crippen molar-refractivity contribution in [2.24, 2.45) is 20.9 Å². The Morgan fingerprint density at radius 3 is 2.62 bits per heavy atom. The second-order valence-electron chi connectivity index (χ2n) is 6.76. The van der Waals surface area contributed by atoms with Crippen LogP contribution in [-0.2, 0) is 9.59 Å². The summed E-state index contributed by atoms with van der Waals surface area (Å²) in [6, 6.07) is 7.38. The van der Waals surface area contributed by atoms with Crippen molar-refractivity contribution in [2.45, 2.75) is 25.8 Å². The highest BCUT2D eigenvalue weighted by atomic mass is 35.5. The first kappa shape index (κ1) is 18.2. The zero-order valence-corrected chi connectivity index (χ0v) is 15.5. The van der Waals surface area contributed by atoms with E-state index in [2.05, 4.69) is 15.0 Å². The van der Waals surface area contributed by atoms with Crippen molar-refractivity contribution >= 4 is 41.7 Å². The fourth-order valence-electron chi connectivity index (χ4n) is 3.35. The minimum Gasteiger partial charge on any atom is -0.496 e. The van der Waals surface area contributed by atoms with E-state index in [4.69, 9.17) is 4.74 Å². The number of para-hydroxylation sites is 1. The van der Waals surface area contributed by atoms with Crippen molar-refractivity contribution < 1.29 is 14.3 Å². The molecule has 0 saturated carbocycles. The molecule has 1 aromatic rings. The number of carbonyl (C=O) groups excluding carboxylic acids is 2. The first-order valence-corrected chi connectivity index (χ1v) is 8.10. The van der Waals surface area contributed by atoms with E-state index in [9.17, 15) is 9.59 Å². The van der Waals surface area contributed by atoms with Crippen LogP contribution in [0.15, 0.2) is 50.5 Å². The van der Waals surface area contributed by atoms with Crippen LogP contribution in [0.5, 0.6) is 5.75 Å². The Morgan fingerprint density at radius 1 is 1.15 bits per heavy atom. The number of benzene rings is 1. The summed E-state index contributed by atoms with van der Waals surface area (Å²) < 4.78 is 5.36. The average Bonchev–Trinajstić information content (AvgIpc) is 3.05. The molecule has 7 heteroatoms. The van der Waals surface area contributed by atoms with Crippen LogP contribution < -0.4 is 4.74 Å². The summed E-state index contributed by atoms with van der Waals surface area (Å²) in [5.74, 6) is 0.361. The van der Waals surface area contributed by atoms with Crippen LogP contribution in [0.1, 0.15) is 25.8 Å². The molecule has 3 aliphatic rings. The number of nitrogens with zero attached hydrogens (tertiary/aromatic N) is 3. The van der Waals surface area contributed by atoms with Crippen molar-refractivity contribution in [1.82, 2.24) is 0 Å². The fraction of sp³-hybridized carbons (Fsp3) is 0.316. The van der Waals surface area contributed by atoms with Crippen LogP contribution in [-0.4, -0.2) is 42.0 Å². The minimum atomic E-state index is -0.808.